The van der Waals surface area contributed by atoms with Crippen molar-refractivity contribution < 1.29 is 9.90 Å². The largest absolute Gasteiger partial charge is 0.399 e. The van der Waals surface area contributed by atoms with Gasteiger partial charge in [0.25, 0.3) is 5.91 Å². The van der Waals surface area contributed by atoms with Crippen LogP contribution in [0.4, 0.5) is 5.69 Å². The minimum absolute atomic E-state index is 0.0912. The van der Waals surface area contributed by atoms with Gasteiger partial charge in [0.2, 0.25) is 0 Å². The summed E-state index contributed by atoms with van der Waals surface area (Å²) in [5.41, 5.74) is 7.86. The average molecular weight is 276 g/mol. The quantitative estimate of drug-likeness (QED) is 0.738. The second-order valence-corrected chi connectivity index (χ2v) is 5.97. The predicted molar refractivity (Wildman–Crippen MR) is 80.5 cm³/mol. The van der Waals surface area contributed by atoms with Crippen LogP contribution in [0.25, 0.3) is 0 Å². The Morgan fingerprint density at radius 2 is 2.05 bits per heavy atom. The SMILES string of the molecule is Cc1cc(C(=O)NCC2(CO)CCCCC2)ccc1N. The van der Waals surface area contributed by atoms with Crippen molar-refractivity contribution in [2.24, 2.45) is 5.41 Å². The number of carbonyl (C=O) groups excluding carboxylic acids is 1. The number of aryl methyl sites for hydroxylation is 1. The van der Waals surface area contributed by atoms with E-state index in [9.17, 15) is 9.90 Å². The number of aliphatic hydroxyl groups is 1. The van der Waals surface area contributed by atoms with E-state index in [-0.39, 0.29) is 17.9 Å². The van der Waals surface area contributed by atoms with Crippen LogP contribution in [0.15, 0.2) is 18.2 Å². The number of benzene rings is 1. The van der Waals surface area contributed by atoms with Crippen LogP contribution in [-0.4, -0.2) is 24.2 Å². The Morgan fingerprint density at radius 1 is 1.35 bits per heavy atom. The van der Waals surface area contributed by atoms with Crippen LogP contribution in [0.3, 0.4) is 0 Å². The van der Waals surface area contributed by atoms with E-state index >= 15 is 0 Å². The number of nitrogen functional groups attached to an aromatic ring is 1. The van der Waals surface area contributed by atoms with Gasteiger partial charge in [-0.2, -0.15) is 0 Å². The number of carbonyl (C=O) groups is 1. The maximum Gasteiger partial charge on any atom is 0.251 e. The lowest BCUT2D eigenvalue weighted by Crippen LogP contribution is -2.41. The highest BCUT2D eigenvalue weighted by Gasteiger charge is 2.31. The zero-order valence-electron chi connectivity index (χ0n) is 12.1. The third-order valence-electron chi connectivity index (χ3n) is 4.41. The fourth-order valence-corrected chi connectivity index (χ4v) is 2.88. The summed E-state index contributed by atoms with van der Waals surface area (Å²) in [7, 11) is 0. The Labute approximate surface area is 120 Å². The Hall–Kier alpha value is -1.55. The van der Waals surface area contributed by atoms with Crippen molar-refractivity contribution in [3.63, 3.8) is 0 Å². The summed E-state index contributed by atoms with van der Waals surface area (Å²) in [5.74, 6) is -0.0912. The highest BCUT2D eigenvalue weighted by atomic mass is 16.3. The van der Waals surface area contributed by atoms with E-state index in [0.29, 0.717) is 17.8 Å². The summed E-state index contributed by atoms with van der Waals surface area (Å²) >= 11 is 0. The van der Waals surface area contributed by atoms with Crippen LogP contribution in [0.1, 0.15) is 48.0 Å². The molecule has 20 heavy (non-hydrogen) atoms. The fourth-order valence-electron chi connectivity index (χ4n) is 2.88. The molecule has 1 saturated carbocycles. The fraction of sp³-hybridized carbons (Fsp3) is 0.562. The van der Waals surface area contributed by atoms with Crippen molar-refractivity contribution in [1.82, 2.24) is 5.32 Å². The summed E-state index contributed by atoms with van der Waals surface area (Å²) in [6.45, 7) is 2.59. The number of hydrogen-bond acceptors (Lipinski definition) is 3. The first-order valence-electron chi connectivity index (χ1n) is 7.31. The minimum atomic E-state index is -0.128. The number of rotatable bonds is 4. The summed E-state index contributed by atoms with van der Waals surface area (Å²) in [6, 6.07) is 5.30. The first kappa shape index (κ1) is 14.9. The molecular formula is C16H24N2O2. The maximum absolute atomic E-state index is 12.2. The molecule has 1 aliphatic rings. The molecule has 1 aliphatic carbocycles. The van der Waals surface area contributed by atoms with E-state index in [2.05, 4.69) is 5.32 Å². The van der Waals surface area contributed by atoms with Gasteiger partial charge < -0.3 is 16.2 Å². The summed E-state index contributed by atoms with van der Waals surface area (Å²) < 4.78 is 0. The van der Waals surface area contributed by atoms with E-state index < -0.39 is 0 Å². The van der Waals surface area contributed by atoms with Crippen LogP contribution < -0.4 is 11.1 Å². The van der Waals surface area contributed by atoms with Crippen molar-refractivity contribution in [2.45, 2.75) is 39.0 Å². The van der Waals surface area contributed by atoms with Crippen molar-refractivity contribution in [1.29, 1.82) is 0 Å². The van der Waals surface area contributed by atoms with Gasteiger partial charge >= 0.3 is 0 Å². The molecule has 1 amide bonds. The standard InChI is InChI=1S/C16H24N2O2/c1-12-9-13(5-6-14(12)17)15(20)18-10-16(11-19)7-3-2-4-8-16/h5-6,9,19H,2-4,7-8,10-11,17H2,1H3,(H,18,20). The first-order valence-corrected chi connectivity index (χ1v) is 7.31. The van der Waals surface area contributed by atoms with Crippen LogP contribution in [-0.2, 0) is 0 Å². The lowest BCUT2D eigenvalue weighted by molar-refractivity contribution is 0.0718. The summed E-state index contributed by atoms with van der Waals surface area (Å²) in [4.78, 5) is 12.2. The molecule has 0 bridgehead atoms. The lowest BCUT2D eigenvalue weighted by atomic mass is 9.74. The topological polar surface area (TPSA) is 75.3 Å². The molecule has 1 fully saturated rings. The van der Waals surface area contributed by atoms with Gasteiger partial charge in [-0.05, 0) is 43.5 Å². The lowest BCUT2D eigenvalue weighted by Gasteiger charge is -2.35. The molecule has 1 aromatic rings. The number of amides is 1. The molecule has 0 atom stereocenters. The van der Waals surface area contributed by atoms with Gasteiger partial charge in [0.05, 0.1) is 6.61 Å². The average Bonchev–Trinajstić information content (AvgIpc) is 2.48. The van der Waals surface area contributed by atoms with Crippen LogP contribution in [0.2, 0.25) is 0 Å². The Morgan fingerprint density at radius 3 is 2.65 bits per heavy atom. The molecule has 1 aromatic carbocycles. The van der Waals surface area contributed by atoms with Crippen LogP contribution in [0.5, 0.6) is 0 Å². The number of nitrogens with two attached hydrogens (primary N) is 1. The third-order valence-corrected chi connectivity index (χ3v) is 4.41. The zero-order chi connectivity index (χ0) is 14.6. The molecule has 4 nitrogen and oxygen atoms in total. The molecule has 2 rings (SSSR count). The molecule has 0 spiro atoms. The van der Waals surface area contributed by atoms with Crippen molar-refractivity contribution >= 4 is 11.6 Å². The molecular weight excluding hydrogens is 252 g/mol. The second-order valence-electron chi connectivity index (χ2n) is 5.97. The highest BCUT2D eigenvalue weighted by molar-refractivity contribution is 5.94. The Kier molecular flexibility index (Phi) is 4.65. The van der Waals surface area contributed by atoms with E-state index in [4.69, 9.17) is 5.73 Å². The monoisotopic (exact) mass is 276 g/mol. The molecule has 0 aliphatic heterocycles. The third kappa shape index (κ3) is 3.31. The molecule has 0 unspecified atom stereocenters. The molecule has 0 aromatic heterocycles. The molecule has 0 radical (unpaired) electrons. The molecule has 110 valence electrons. The Balaban J connectivity index is 1.98. The second kappa shape index (κ2) is 6.27. The first-order chi connectivity index (χ1) is 9.56. The van der Waals surface area contributed by atoms with Gasteiger partial charge in [0.1, 0.15) is 0 Å². The zero-order valence-corrected chi connectivity index (χ0v) is 12.1. The minimum Gasteiger partial charge on any atom is -0.399 e. The molecule has 0 heterocycles. The van der Waals surface area contributed by atoms with Gasteiger partial charge in [-0.15, -0.1) is 0 Å². The number of hydrogen-bond donors (Lipinski definition) is 3. The highest BCUT2D eigenvalue weighted by Crippen LogP contribution is 2.35. The normalized spacial score (nSPS) is 17.7. The number of anilines is 1. The van der Waals surface area contributed by atoms with E-state index in [1.807, 2.05) is 6.92 Å². The smallest absolute Gasteiger partial charge is 0.251 e. The van der Waals surface area contributed by atoms with Crippen LogP contribution >= 0.6 is 0 Å². The maximum atomic E-state index is 12.2. The molecule has 4 heteroatoms. The van der Waals surface area contributed by atoms with Gasteiger partial charge in [-0.25, -0.2) is 0 Å². The molecule has 0 saturated heterocycles. The van der Waals surface area contributed by atoms with Gasteiger partial charge in [-0.3, -0.25) is 4.79 Å². The van der Waals surface area contributed by atoms with Crippen molar-refractivity contribution in [3.8, 4) is 0 Å². The summed E-state index contributed by atoms with van der Waals surface area (Å²) in [6.07, 6.45) is 5.48. The van der Waals surface area contributed by atoms with Crippen molar-refractivity contribution in [2.75, 3.05) is 18.9 Å². The predicted octanol–water partition coefficient (Wildman–Crippen LogP) is 2.25. The summed E-state index contributed by atoms with van der Waals surface area (Å²) in [5, 5.41) is 12.6. The van der Waals surface area contributed by atoms with Gasteiger partial charge in [0.15, 0.2) is 0 Å². The van der Waals surface area contributed by atoms with E-state index in [1.165, 1.54) is 6.42 Å². The molecule has 4 N–H and O–H groups in total. The Bertz CT molecular complexity index is 479. The van der Waals surface area contributed by atoms with Crippen LogP contribution in [0, 0.1) is 12.3 Å². The number of aliphatic hydroxyl groups excluding tert-OH is 1. The number of nitrogens with one attached hydrogen (secondary N) is 1. The van der Waals surface area contributed by atoms with E-state index in [1.54, 1.807) is 18.2 Å². The van der Waals surface area contributed by atoms with Crippen molar-refractivity contribution in [3.05, 3.63) is 29.3 Å². The van der Waals surface area contributed by atoms with Gasteiger partial charge in [-0.1, -0.05) is 19.3 Å². The van der Waals surface area contributed by atoms with E-state index in [0.717, 1.165) is 31.2 Å². The van der Waals surface area contributed by atoms with Gasteiger partial charge in [0, 0.05) is 23.2 Å².